The topological polar surface area (TPSA) is 89.3 Å². The maximum atomic E-state index is 12.3. The number of pyridine rings is 1. The van der Waals surface area contributed by atoms with Crippen LogP contribution in [-0.4, -0.2) is 50.9 Å². The second-order valence-corrected chi connectivity index (χ2v) is 5.71. The van der Waals surface area contributed by atoms with E-state index in [-0.39, 0.29) is 24.1 Å². The number of hydrogen-bond acceptors (Lipinski definition) is 5. The highest BCUT2D eigenvalue weighted by molar-refractivity contribution is 5.94. The zero-order valence-electron chi connectivity index (χ0n) is 12.9. The number of aliphatic hydroxyl groups is 1. The number of imidazole rings is 1. The largest absolute Gasteiger partial charge is 0.391 e. The summed E-state index contributed by atoms with van der Waals surface area (Å²) in [5, 5.41) is 13.2. The van der Waals surface area contributed by atoms with Crippen LogP contribution in [0.1, 0.15) is 29.2 Å². The first-order chi connectivity index (χ1) is 11.2. The molecule has 7 heteroatoms. The van der Waals surface area contributed by atoms with Gasteiger partial charge in [-0.1, -0.05) is 0 Å². The number of aromatic nitrogens is 3. The molecule has 2 N–H and O–H groups in total. The summed E-state index contributed by atoms with van der Waals surface area (Å²) < 4.78 is 7.47. The Bertz CT molecular complexity index is 632. The SMILES string of the molecule is CO[C@@H]1C[C@@H](O)[C@H](NC(=O)c2cccnc2)C[C@H]1n1ccnc1. The molecular weight excluding hydrogens is 296 g/mol. The lowest BCUT2D eigenvalue weighted by Crippen LogP contribution is -2.51. The third kappa shape index (κ3) is 3.40. The first-order valence-electron chi connectivity index (χ1n) is 7.58. The number of carbonyl (C=O) groups is 1. The van der Waals surface area contributed by atoms with Gasteiger partial charge in [0.15, 0.2) is 0 Å². The normalized spacial score (nSPS) is 27.6. The summed E-state index contributed by atoms with van der Waals surface area (Å²) in [5.74, 6) is -0.234. The molecule has 2 aromatic rings. The number of carbonyl (C=O) groups excluding carboxylic acids is 1. The standard InChI is InChI=1S/C16H20N4O3/c1-23-15-8-14(21)12(7-13(15)20-6-5-18-10-20)19-16(22)11-3-2-4-17-9-11/h2-6,9-10,12-15,21H,7-8H2,1H3,(H,19,22)/t12-,13-,14-,15-/m1/s1. The lowest BCUT2D eigenvalue weighted by Gasteiger charge is -2.39. The van der Waals surface area contributed by atoms with E-state index < -0.39 is 6.10 Å². The highest BCUT2D eigenvalue weighted by Gasteiger charge is 2.38. The Morgan fingerprint density at radius 3 is 2.91 bits per heavy atom. The third-order valence-corrected chi connectivity index (χ3v) is 4.31. The van der Waals surface area contributed by atoms with E-state index in [9.17, 15) is 9.90 Å². The van der Waals surface area contributed by atoms with E-state index in [1.807, 2.05) is 10.8 Å². The molecule has 0 aromatic carbocycles. The molecule has 0 radical (unpaired) electrons. The van der Waals surface area contributed by atoms with E-state index in [1.54, 1.807) is 38.0 Å². The molecule has 0 saturated heterocycles. The lowest BCUT2D eigenvalue weighted by molar-refractivity contribution is -0.0361. The second-order valence-electron chi connectivity index (χ2n) is 5.71. The molecule has 1 aliphatic carbocycles. The van der Waals surface area contributed by atoms with Gasteiger partial charge in [0, 0.05) is 38.3 Å². The number of nitrogens with zero attached hydrogens (tertiary/aromatic N) is 3. The molecule has 122 valence electrons. The van der Waals surface area contributed by atoms with Crippen LogP contribution in [0, 0.1) is 0 Å². The molecule has 2 heterocycles. The van der Waals surface area contributed by atoms with E-state index in [0.29, 0.717) is 18.4 Å². The Morgan fingerprint density at radius 2 is 2.26 bits per heavy atom. The molecular formula is C16H20N4O3. The van der Waals surface area contributed by atoms with Gasteiger partial charge in [0.25, 0.3) is 5.91 Å². The summed E-state index contributed by atoms with van der Waals surface area (Å²) in [6.45, 7) is 0. The van der Waals surface area contributed by atoms with Gasteiger partial charge in [-0.25, -0.2) is 4.98 Å². The summed E-state index contributed by atoms with van der Waals surface area (Å²) in [4.78, 5) is 20.3. The van der Waals surface area contributed by atoms with Gasteiger partial charge in [-0.3, -0.25) is 9.78 Å². The summed E-state index contributed by atoms with van der Waals surface area (Å²) >= 11 is 0. The van der Waals surface area contributed by atoms with E-state index >= 15 is 0 Å². The summed E-state index contributed by atoms with van der Waals surface area (Å²) in [6, 6.07) is 3.08. The minimum atomic E-state index is -0.652. The van der Waals surface area contributed by atoms with E-state index in [1.165, 1.54) is 6.20 Å². The maximum Gasteiger partial charge on any atom is 0.253 e. The van der Waals surface area contributed by atoms with Crippen LogP contribution in [0.5, 0.6) is 0 Å². The minimum Gasteiger partial charge on any atom is -0.391 e. The molecule has 1 saturated carbocycles. The summed E-state index contributed by atoms with van der Waals surface area (Å²) in [6.07, 6.45) is 8.69. The van der Waals surface area contributed by atoms with Crippen LogP contribution in [0.3, 0.4) is 0 Å². The fourth-order valence-electron chi connectivity index (χ4n) is 3.06. The van der Waals surface area contributed by atoms with Crippen molar-refractivity contribution >= 4 is 5.91 Å². The Hall–Kier alpha value is -2.25. The van der Waals surface area contributed by atoms with E-state index in [2.05, 4.69) is 15.3 Å². The predicted octanol–water partition coefficient (Wildman–Crippen LogP) is 0.787. The molecule has 1 amide bonds. The lowest BCUT2D eigenvalue weighted by atomic mass is 9.85. The van der Waals surface area contributed by atoms with Crippen molar-refractivity contribution in [3.8, 4) is 0 Å². The van der Waals surface area contributed by atoms with Crippen LogP contribution in [0.25, 0.3) is 0 Å². The monoisotopic (exact) mass is 316 g/mol. The average Bonchev–Trinajstić information content (AvgIpc) is 3.11. The summed E-state index contributed by atoms with van der Waals surface area (Å²) in [5.41, 5.74) is 0.479. The van der Waals surface area contributed by atoms with Gasteiger partial charge in [0.05, 0.1) is 36.2 Å². The van der Waals surface area contributed by atoms with E-state index in [0.717, 1.165) is 0 Å². The molecule has 7 nitrogen and oxygen atoms in total. The first kappa shape index (κ1) is 15.6. The van der Waals surface area contributed by atoms with Gasteiger partial charge in [0.1, 0.15) is 0 Å². The minimum absolute atomic E-state index is 0.0186. The van der Waals surface area contributed by atoms with Crippen LogP contribution in [-0.2, 0) is 4.74 Å². The van der Waals surface area contributed by atoms with Crippen LogP contribution in [0.15, 0.2) is 43.2 Å². The van der Waals surface area contributed by atoms with Crippen LogP contribution in [0.4, 0.5) is 0 Å². The predicted molar refractivity (Wildman–Crippen MR) is 82.8 cm³/mol. The number of nitrogens with one attached hydrogen (secondary N) is 1. The number of rotatable bonds is 4. The molecule has 3 rings (SSSR count). The van der Waals surface area contributed by atoms with Gasteiger partial charge in [-0.05, 0) is 18.6 Å². The average molecular weight is 316 g/mol. The number of ether oxygens (including phenoxy) is 1. The molecule has 23 heavy (non-hydrogen) atoms. The van der Waals surface area contributed by atoms with E-state index in [4.69, 9.17) is 4.74 Å². The molecule has 0 spiro atoms. The fraction of sp³-hybridized carbons (Fsp3) is 0.438. The molecule has 2 aromatic heterocycles. The summed E-state index contributed by atoms with van der Waals surface area (Å²) in [7, 11) is 1.63. The number of hydrogen-bond donors (Lipinski definition) is 2. The van der Waals surface area contributed by atoms with Crippen molar-refractivity contribution in [2.75, 3.05) is 7.11 Å². The third-order valence-electron chi connectivity index (χ3n) is 4.31. The zero-order valence-corrected chi connectivity index (χ0v) is 12.9. The van der Waals surface area contributed by atoms with Crippen molar-refractivity contribution < 1.29 is 14.6 Å². The Balaban J connectivity index is 1.73. The van der Waals surface area contributed by atoms with Crippen LogP contribution >= 0.6 is 0 Å². The Labute approximate surface area is 134 Å². The van der Waals surface area contributed by atoms with Crippen LogP contribution in [0.2, 0.25) is 0 Å². The number of methoxy groups -OCH3 is 1. The smallest absolute Gasteiger partial charge is 0.253 e. The molecule has 1 aliphatic rings. The maximum absolute atomic E-state index is 12.3. The van der Waals surface area contributed by atoms with Crippen molar-refractivity contribution in [2.24, 2.45) is 0 Å². The molecule has 0 unspecified atom stereocenters. The quantitative estimate of drug-likeness (QED) is 0.870. The van der Waals surface area contributed by atoms with Gasteiger partial charge in [0.2, 0.25) is 0 Å². The van der Waals surface area contributed by atoms with Crippen molar-refractivity contribution in [1.82, 2.24) is 19.9 Å². The molecule has 1 fully saturated rings. The molecule has 0 bridgehead atoms. The first-order valence-corrected chi connectivity index (χ1v) is 7.58. The van der Waals surface area contributed by atoms with Crippen molar-refractivity contribution in [2.45, 2.75) is 37.1 Å². The number of aliphatic hydroxyl groups excluding tert-OH is 1. The number of amides is 1. The second kappa shape index (κ2) is 6.89. The van der Waals surface area contributed by atoms with Gasteiger partial charge < -0.3 is 19.7 Å². The Kier molecular flexibility index (Phi) is 4.68. The van der Waals surface area contributed by atoms with Gasteiger partial charge in [-0.15, -0.1) is 0 Å². The highest BCUT2D eigenvalue weighted by Crippen LogP contribution is 2.31. The molecule has 4 atom stereocenters. The fourth-order valence-corrected chi connectivity index (χ4v) is 3.06. The van der Waals surface area contributed by atoms with Crippen molar-refractivity contribution in [1.29, 1.82) is 0 Å². The van der Waals surface area contributed by atoms with Crippen molar-refractivity contribution in [3.05, 3.63) is 48.8 Å². The highest BCUT2D eigenvalue weighted by atomic mass is 16.5. The van der Waals surface area contributed by atoms with Gasteiger partial charge in [-0.2, -0.15) is 0 Å². The Morgan fingerprint density at radius 1 is 1.39 bits per heavy atom. The van der Waals surface area contributed by atoms with Crippen molar-refractivity contribution in [3.63, 3.8) is 0 Å². The molecule has 0 aliphatic heterocycles. The van der Waals surface area contributed by atoms with Crippen LogP contribution < -0.4 is 5.32 Å². The zero-order chi connectivity index (χ0) is 16.2. The van der Waals surface area contributed by atoms with Gasteiger partial charge >= 0.3 is 0 Å².